The Labute approximate surface area is 110 Å². The molecule has 1 aromatic rings. The van der Waals surface area contributed by atoms with Crippen molar-refractivity contribution in [3.8, 4) is 0 Å². The zero-order valence-corrected chi connectivity index (χ0v) is 11.6. The van der Waals surface area contributed by atoms with E-state index in [1.807, 2.05) is 6.92 Å². The Morgan fingerprint density at radius 3 is 2.82 bits per heavy atom. The van der Waals surface area contributed by atoms with Gasteiger partial charge in [-0.05, 0) is 43.5 Å². The number of nitrogens with one attached hydrogen (secondary N) is 1. The summed E-state index contributed by atoms with van der Waals surface area (Å²) in [5.41, 5.74) is 3.34. The minimum atomic E-state index is -0.210. The van der Waals surface area contributed by atoms with Crippen LogP contribution >= 0.6 is 15.9 Å². The predicted octanol–water partition coefficient (Wildman–Crippen LogP) is 2.39. The average molecular weight is 305 g/mol. The quantitative estimate of drug-likeness (QED) is 0.627. The largest absolute Gasteiger partial charge is 0.382 e. The minimum Gasteiger partial charge on any atom is -0.382 e. The van der Waals surface area contributed by atoms with Gasteiger partial charge in [0.15, 0.2) is 0 Å². The number of benzene rings is 1. The lowest BCUT2D eigenvalue weighted by Gasteiger charge is -2.19. The topological polar surface area (TPSA) is 47.3 Å². The molecule has 5 heteroatoms. The van der Waals surface area contributed by atoms with Crippen LogP contribution in [-0.2, 0) is 11.2 Å². The van der Waals surface area contributed by atoms with Crippen LogP contribution in [0, 0.1) is 5.82 Å². The van der Waals surface area contributed by atoms with E-state index >= 15 is 0 Å². The third-order valence-corrected chi connectivity index (χ3v) is 3.22. The molecular formula is C12H18BrFN2O. The molecule has 0 aromatic heterocycles. The normalized spacial score (nSPS) is 14.6. The molecule has 2 unspecified atom stereocenters. The van der Waals surface area contributed by atoms with Crippen LogP contribution in [0.15, 0.2) is 22.7 Å². The van der Waals surface area contributed by atoms with Crippen molar-refractivity contribution in [1.29, 1.82) is 0 Å². The molecule has 0 saturated carbocycles. The molecular weight excluding hydrogens is 287 g/mol. The van der Waals surface area contributed by atoms with Crippen molar-refractivity contribution in [2.45, 2.75) is 31.9 Å². The Bertz CT molecular complexity index is 362. The second-order valence-electron chi connectivity index (χ2n) is 4.09. The number of hydrogen-bond acceptors (Lipinski definition) is 3. The molecule has 2 atom stereocenters. The van der Waals surface area contributed by atoms with E-state index in [1.165, 1.54) is 6.07 Å². The SMILES string of the molecule is COC(C)CC(Cc1cc(Br)ccc1F)NN. The highest BCUT2D eigenvalue weighted by atomic mass is 79.9. The zero-order valence-electron chi connectivity index (χ0n) is 10.0. The van der Waals surface area contributed by atoms with Gasteiger partial charge < -0.3 is 4.74 Å². The Kier molecular flexibility index (Phi) is 6.05. The van der Waals surface area contributed by atoms with Crippen molar-refractivity contribution in [2.24, 2.45) is 5.84 Å². The minimum absolute atomic E-state index is 0.00579. The van der Waals surface area contributed by atoms with Crippen LogP contribution < -0.4 is 11.3 Å². The summed E-state index contributed by atoms with van der Waals surface area (Å²) < 4.78 is 19.6. The summed E-state index contributed by atoms with van der Waals surface area (Å²) in [5, 5.41) is 0. The number of hydrazine groups is 1. The Morgan fingerprint density at radius 1 is 1.53 bits per heavy atom. The number of hydrogen-bond donors (Lipinski definition) is 2. The zero-order chi connectivity index (χ0) is 12.8. The van der Waals surface area contributed by atoms with Crippen molar-refractivity contribution in [1.82, 2.24) is 5.43 Å². The van der Waals surface area contributed by atoms with Crippen LogP contribution in [0.4, 0.5) is 4.39 Å². The smallest absolute Gasteiger partial charge is 0.126 e. The standard InChI is InChI=1S/C12H18BrFN2O/c1-8(17-2)5-11(16-15)7-9-6-10(13)3-4-12(9)14/h3-4,6,8,11,16H,5,7,15H2,1-2H3. The average Bonchev–Trinajstić information content (AvgIpc) is 2.32. The lowest BCUT2D eigenvalue weighted by atomic mass is 10.0. The fourth-order valence-electron chi connectivity index (χ4n) is 1.67. The first kappa shape index (κ1) is 14.6. The molecule has 0 fully saturated rings. The molecule has 0 radical (unpaired) electrons. The van der Waals surface area contributed by atoms with Gasteiger partial charge in [0.2, 0.25) is 0 Å². The monoisotopic (exact) mass is 304 g/mol. The van der Waals surface area contributed by atoms with Crippen LogP contribution in [0.1, 0.15) is 18.9 Å². The first-order chi connectivity index (χ1) is 8.06. The molecule has 0 heterocycles. The molecule has 3 N–H and O–H groups in total. The molecule has 0 saturated heterocycles. The maximum atomic E-state index is 13.6. The van der Waals surface area contributed by atoms with Crippen molar-refractivity contribution in [3.05, 3.63) is 34.1 Å². The van der Waals surface area contributed by atoms with Crippen LogP contribution in [0.2, 0.25) is 0 Å². The van der Waals surface area contributed by atoms with E-state index < -0.39 is 0 Å². The van der Waals surface area contributed by atoms with Gasteiger partial charge in [-0.1, -0.05) is 15.9 Å². The van der Waals surface area contributed by atoms with E-state index in [4.69, 9.17) is 10.6 Å². The fraction of sp³-hybridized carbons (Fsp3) is 0.500. The first-order valence-corrected chi connectivity index (χ1v) is 6.29. The second kappa shape index (κ2) is 7.06. The van der Waals surface area contributed by atoms with E-state index in [2.05, 4.69) is 21.4 Å². The number of methoxy groups -OCH3 is 1. The Morgan fingerprint density at radius 2 is 2.24 bits per heavy atom. The third kappa shape index (κ3) is 4.71. The molecule has 0 aliphatic rings. The molecule has 96 valence electrons. The van der Waals surface area contributed by atoms with Crippen LogP contribution in [0.25, 0.3) is 0 Å². The molecule has 17 heavy (non-hydrogen) atoms. The molecule has 0 bridgehead atoms. The van der Waals surface area contributed by atoms with Gasteiger partial charge >= 0.3 is 0 Å². The number of halogens is 2. The Hall–Kier alpha value is -0.490. The van der Waals surface area contributed by atoms with Gasteiger partial charge in [-0.2, -0.15) is 0 Å². The number of rotatable bonds is 6. The summed E-state index contributed by atoms with van der Waals surface area (Å²) in [4.78, 5) is 0. The summed E-state index contributed by atoms with van der Waals surface area (Å²) >= 11 is 3.33. The maximum Gasteiger partial charge on any atom is 0.126 e. The van der Waals surface area contributed by atoms with Crippen molar-refractivity contribution >= 4 is 15.9 Å². The van der Waals surface area contributed by atoms with Gasteiger partial charge in [-0.25, -0.2) is 4.39 Å². The summed E-state index contributed by atoms with van der Waals surface area (Å²) in [6, 6.07) is 4.90. The maximum absolute atomic E-state index is 13.6. The number of nitrogens with two attached hydrogens (primary N) is 1. The summed E-state index contributed by atoms with van der Waals surface area (Å²) in [6.45, 7) is 1.96. The fourth-order valence-corrected chi connectivity index (χ4v) is 2.08. The molecule has 0 amide bonds. The molecule has 1 aromatic carbocycles. The molecule has 1 rings (SSSR count). The molecule has 0 aliphatic carbocycles. The van der Waals surface area contributed by atoms with Crippen molar-refractivity contribution in [2.75, 3.05) is 7.11 Å². The predicted molar refractivity (Wildman–Crippen MR) is 70.0 cm³/mol. The van der Waals surface area contributed by atoms with Gasteiger partial charge in [-0.15, -0.1) is 0 Å². The Balaban J connectivity index is 2.69. The lowest BCUT2D eigenvalue weighted by molar-refractivity contribution is 0.100. The summed E-state index contributed by atoms with van der Waals surface area (Å²) in [5.74, 6) is 5.26. The van der Waals surface area contributed by atoms with Crippen molar-refractivity contribution in [3.63, 3.8) is 0 Å². The molecule has 3 nitrogen and oxygen atoms in total. The molecule has 0 spiro atoms. The molecule has 0 aliphatic heterocycles. The van der Waals surface area contributed by atoms with E-state index in [0.717, 1.165) is 10.9 Å². The second-order valence-corrected chi connectivity index (χ2v) is 5.00. The van der Waals surface area contributed by atoms with Gasteiger partial charge in [-0.3, -0.25) is 11.3 Å². The van der Waals surface area contributed by atoms with Crippen LogP contribution in [0.3, 0.4) is 0 Å². The highest BCUT2D eigenvalue weighted by Crippen LogP contribution is 2.18. The van der Waals surface area contributed by atoms with E-state index in [-0.39, 0.29) is 18.0 Å². The van der Waals surface area contributed by atoms with E-state index in [1.54, 1.807) is 19.2 Å². The highest BCUT2D eigenvalue weighted by molar-refractivity contribution is 9.10. The summed E-state index contributed by atoms with van der Waals surface area (Å²) in [7, 11) is 1.65. The highest BCUT2D eigenvalue weighted by Gasteiger charge is 2.14. The van der Waals surface area contributed by atoms with Crippen molar-refractivity contribution < 1.29 is 9.13 Å². The van der Waals surface area contributed by atoms with Crippen LogP contribution in [0.5, 0.6) is 0 Å². The first-order valence-electron chi connectivity index (χ1n) is 5.49. The lowest BCUT2D eigenvalue weighted by Crippen LogP contribution is -2.39. The van der Waals surface area contributed by atoms with E-state index in [9.17, 15) is 4.39 Å². The summed E-state index contributed by atoms with van der Waals surface area (Å²) in [6.07, 6.45) is 1.36. The van der Waals surface area contributed by atoms with Gasteiger partial charge in [0.1, 0.15) is 5.82 Å². The third-order valence-electron chi connectivity index (χ3n) is 2.73. The van der Waals surface area contributed by atoms with Gasteiger partial charge in [0.25, 0.3) is 0 Å². The van der Waals surface area contributed by atoms with E-state index in [0.29, 0.717) is 12.0 Å². The number of ether oxygens (including phenoxy) is 1. The van der Waals surface area contributed by atoms with Crippen LogP contribution in [-0.4, -0.2) is 19.3 Å². The van der Waals surface area contributed by atoms with Gasteiger partial charge in [0, 0.05) is 17.6 Å². The van der Waals surface area contributed by atoms with Gasteiger partial charge in [0.05, 0.1) is 6.10 Å².